The second kappa shape index (κ2) is 6.93. The van der Waals surface area contributed by atoms with E-state index in [0.717, 1.165) is 41.6 Å². The molecule has 2 rings (SSSR count). The Balaban J connectivity index is 2.01. The number of methoxy groups -OCH3 is 1. The minimum absolute atomic E-state index is 0.440. The number of hydrogen-bond acceptors (Lipinski definition) is 6. The second-order valence-electron chi connectivity index (χ2n) is 4.63. The molecule has 2 heterocycles. The quantitative estimate of drug-likeness (QED) is 0.797. The van der Waals surface area contributed by atoms with E-state index in [1.165, 1.54) is 6.42 Å². The van der Waals surface area contributed by atoms with E-state index in [4.69, 9.17) is 10.5 Å². The van der Waals surface area contributed by atoms with Crippen molar-refractivity contribution in [2.45, 2.75) is 39.2 Å². The predicted molar refractivity (Wildman–Crippen MR) is 75.1 cm³/mol. The summed E-state index contributed by atoms with van der Waals surface area (Å²) in [5.74, 6) is 1.45. The van der Waals surface area contributed by atoms with Gasteiger partial charge in [-0.25, -0.2) is 0 Å². The summed E-state index contributed by atoms with van der Waals surface area (Å²) < 4.78 is 6.86. The number of nitrogens with two attached hydrogens (primary N) is 1. The number of aryl methyl sites for hydroxylation is 1. The fraction of sp³-hybridized carbons (Fsp3) is 0.750. The summed E-state index contributed by atoms with van der Waals surface area (Å²) in [7, 11) is 1.65. The summed E-state index contributed by atoms with van der Waals surface area (Å²) in [4.78, 5) is 0.842. The summed E-state index contributed by atoms with van der Waals surface area (Å²) in [6.07, 6.45) is 4.39. The first-order chi connectivity index (χ1) is 9.28. The van der Waals surface area contributed by atoms with E-state index >= 15 is 0 Å². The molecule has 7 heteroatoms. The van der Waals surface area contributed by atoms with Crippen molar-refractivity contribution in [2.24, 2.45) is 11.7 Å². The summed E-state index contributed by atoms with van der Waals surface area (Å²) in [6, 6.07) is 0. The van der Waals surface area contributed by atoms with E-state index in [2.05, 4.69) is 22.2 Å². The van der Waals surface area contributed by atoms with Crippen molar-refractivity contribution >= 4 is 16.3 Å². The molecule has 0 bridgehead atoms. The highest BCUT2D eigenvalue weighted by molar-refractivity contribution is 7.16. The van der Waals surface area contributed by atoms with Gasteiger partial charge in [-0.05, 0) is 25.3 Å². The largest absolute Gasteiger partial charge is 0.377 e. The van der Waals surface area contributed by atoms with Gasteiger partial charge in [0.15, 0.2) is 5.82 Å². The molecule has 1 unspecified atom stereocenters. The molecule has 1 atom stereocenters. The van der Waals surface area contributed by atoms with Crippen LogP contribution in [0.2, 0.25) is 0 Å². The Morgan fingerprint density at radius 1 is 1.37 bits per heavy atom. The van der Waals surface area contributed by atoms with Crippen LogP contribution < -0.4 is 5.73 Å². The summed E-state index contributed by atoms with van der Waals surface area (Å²) in [5, 5.41) is 13.8. The first kappa shape index (κ1) is 14.4. The lowest BCUT2D eigenvalue weighted by Crippen LogP contribution is -2.09. The molecule has 0 saturated heterocycles. The van der Waals surface area contributed by atoms with Crippen LogP contribution in [0.1, 0.15) is 37.0 Å². The fourth-order valence-corrected chi connectivity index (χ4v) is 3.00. The predicted octanol–water partition coefficient (Wildman–Crippen LogP) is 1.64. The van der Waals surface area contributed by atoms with Gasteiger partial charge in [0.25, 0.3) is 0 Å². The number of nitrogens with zero attached hydrogens (tertiary/aromatic N) is 4. The van der Waals surface area contributed by atoms with E-state index in [-0.39, 0.29) is 0 Å². The van der Waals surface area contributed by atoms with Gasteiger partial charge in [0, 0.05) is 13.5 Å². The minimum Gasteiger partial charge on any atom is -0.377 e. The van der Waals surface area contributed by atoms with Crippen molar-refractivity contribution in [2.75, 3.05) is 13.7 Å². The van der Waals surface area contributed by atoms with Crippen molar-refractivity contribution in [1.82, 2.24) is 19.8 Å². The maximum absolute atomic E-state index is 5.62. The summed E-state index contributed by atoms with van der Waals surface area (Å²) >= 11 is 1.61. The highest BCUT2D eigenvalue weighted by atomic mass is 32.1. The van der Waals surface area contributed by atoms with Gasteiger partial charge < -0.3 is 10.5 Å². The number of hydrogen-bond donors (Lipinski definition) is 1. The molecular weight excluding hydrogens is 262 g/mol. The zero-order valence-corrected chi connectivity index (χ0v) is 12.3. The van der Waals surface area contributed by atoms with Gasteiger partial charge in [0.05, 0.1) is 0 Å². The number of aromatic nitrogens is 4. The molecule has 0 aliphatic rings. The van der Waals surface area contributed by atoms with Crippen LogP contribution in [0.5, 0.6) is 0 Å². The monoisotopic (exact) mass is 283 g/mol. The third-order valence-electron chi connectivity index (χ3n) is 3.29. The lowest BCUT2D eigenvalue weighted by molar-refractivity contribution is 0.176. The Morgan fingerprint density at radius 2 is 2.21 bits per heavy atom. The molecule has 2 aromatic heterocycles. The van der Waals surface area contributed by atoms with Gasteiger partial charge >= 0.3 is 0 Å². The van der Waals surface area contributed by atoms with Crippen LogP contribution in [0.4, 0.5) is 0 Å². The molecule has 0 spiro atoms. The van der Waals surface area contributed by atoms with Gasteiger partial charge in [-0.2, -0.15) is 9.61 Å². The van der Waals surface area contributed by atoms with Crippen molar-refractivity contribution < 1.29 is 4.74 Å². The van der Waals surface area contributed by atoms with E-state index in [0.29, 0.717) is 12.5 Å². The third kappa shape index (κ3) is 3.49. The van der Waals surface area contributed by atoms with Crippen LogP contribution in [-0.4, -0.2) is 33.5 Å². The van der Waals surface area contributed by atoms with Crippen LogP contribution in [0.15, 0.2) is 0 Å². The topological polar surface area (TPSA) is 78.3 Å². The lowest BCUT2D eigenvalue weighted by Gasteiger charge is -2.11. The molecule has 2 N–H and O–H groups in total. The van der Waals surface area contributed by atoms with Gasteiger partial charge in [0.1, 0.15) is 11.6 Å². The molecule has 0 aliphatic heterocycles. The molecule has 19 heavy (non-hydrogen) atoms. The van der Waals surface area contributed by atoms with E-state index in [9.17, 15) is 0 Å². The van der Waals surface area contributed by atoms with Crippen molar-refractivity contribution in [3.05, 3.63) is 10.8 Å². The number of rotatable bonds is 8. The van der Waals surface area contributed by atoms with E-state index in [1.54, 1.807) is 23.0 Å². The molecule has 0 radical (unpaired) electrons. The maximum Gasteiger partial charge on any atom is 0.234 e. The minimum atomic E-state index is 0.440. The van der Waals surface area contributed by atoms with Crippen molar-refractivity contribution in [1.29, 1.82) is 0 Å². The second-order valence-corrected chi connectivity index (χ2v) is 5.67. The summed E-state index contributed by atoms with van der Waals surface area (Å²) in [6.45, 7) is 3.42. The average molecular weight is 283 g/mol. The smallest absolute Gasteiger partial charge is 0.234 e. The third-order valence-corrected chi connectivity index (χ3v) is 4.25. The van der Waals surface area contributed by atoms with Crippen LogP contribution in [-0.2, 0) is 17.8 Å². The van der Waals surface area contributed by atoms with Crippen molar-refractivity contribution in [3.63, 3.8) is 0 Å². The van der Waals surface area contributed by atoms with Gasteiger partial charge in [-0.15, -0.1) is 10.2 Å². The molecular formula is C12H21N5OS. The van der Waals surface area contributed by atoms with Crippen LogP contribution in [0, 0.1) is 5.92 Å². The van der Waals surface area contributed by atoms with Gasteiger partial charge in [-0.3, -0.25) is 0 Å². The highest BCUT2D eigenvalue weighted by Gasteiger charge is 2.13. The van der Waals surface area contributed by atoms with Crippen LogP contribution in [0.25, 0.3) is 4.96 Å². The molecule has 0 amide bonds. The number of fused-ring (bicyclic) bond motifs is 1. The van der Waals surface area contributed by atoms with E-state index < -0.39 is 0 Å². The zero-order chi connectivity index (χ0) is 13.7. The zero-order valence-electron chi connectivity index (χ0n) is 11.5. The Labute approximate surface area is 117 Å². The molecule has 0 fully saturated rings. The normalized spacial score (nSPS) is 13.2. The molecule has 106 valence electrons. The molecule has 0 aliphatic carbocycles. The first-order valence-electron chi connectivity index (χ1n) is 6.67. The highest BCUT2D eigenvalue weighted by Crippen LogP contribution is 2.20. The van der Waals surface area contributed by atoms with Crippen LogP contribution >= 0.6 is 11.3 Å². The lowest BCUT2D eigenvalue weighted by atomic mass is 9.97. The Bertz CT molecular complexity index is 509. The van der Waals surface area contributed by atoms with Crippen LogP contribution in [0.3, 0.4) is 0 Å². The molecule has 0 aromatic carbocycles. The van der Waals surface area contributed by atoms with Crippen molar-refractivity contribution in [3.8, 4) is 0 Å². The Kier molecular flexibility index (Phi) is 5.24. The van der Waals surface area contributed by atoms with Gasteiger partial charge in [-0.1, -0.05) is 24.7 Å². The summed E-state index contributed by atoms with van der Waals surface area (Å²) in [5.41, 5.74) is 5.62. The SMILES string of the molecule is CCC(CCN)CCc1nn2c(COC)nnc2s1. The molecule has 2 aromatic rings. The van der Waals surface area contributed by atoms with Gasteiger partial charge in [0.2, 0.25) is 4.96 Å². The number of ether oxygens (including phenoxy) is 1. The van der Waals surface area contributed by atoms with E-state index in [1.807, 2.05) is 0 Å². The molecule has 0 saturated carbocycles. The maximum atomic E-state index is 5.62. The molecule has 6 nitrogen and oxygen atoms in total. The standard InChI is InChI=1S/C12H21N5OS/c1-3-9(6-7-13)4-5-11-16-17-10(8-18-2)14-15-12(17)19-11/h9H,3-8,13H2,1-2H3. The fourth-order valence-electron chi connectivity index (χ4n) is 2.13. The Hall–Kier alpha value is -1.05. The average Bonchev–Trinajstić information content (AvgIpc) is 2.96. The first-order valence-corrected chi connectivity index (χ1v) is 7.49. The Morgan fingerprint density at radius 3 is 2.89 bits per heavy atom.